The summed E-state index contributed by atoms with van der Waals surface area (Å²) in [5.41, 5.74) is 1.05. The second-order valence-corrected chi connectivity index (χ2v) is 7.34. The molecular weight excluding hydrogens is 256 g/mol. The molecule has 0 spiro atoms. The number of thiazole rings is 1. The Balaban J connectivity index is 2.22. The molecule has 1 fully saturated rings. The molecule has 3 nitrogen and oxygen atoms in total. The molecule has 4 heteroatoms. The van der Waals surface area contributed by atoms with Crippen LogP contribution in [0.4, 0.5) is 5.13 Å². The predicted molar refractivity (Wildman–Crippen MR) is 81.4 cm³/mol. The smallest absolute Gasteiger partial charge is 0.186 e. The van der Waals surface area contributed by atoms with Crippen LogP contribution in [0.3, 0.4) is 0 Å². The average Bonchev–Trinajstić information content (AvgIpc) is 3.06. The van der Waals surface area contributed by atoms with E-state index in [2.05, 4.69) is 32.6 Å². The molecule has 0 unspecified atom stereocenters. The highest BCUT2D eigenvalue weighted by Crippen LogP contribution is 2.43. The summed E-state index contributed by atoms with van der Waals surface area (Å²) in [6, 6.07) is 0. The average molecular weight is 280 g/mol. The summed E-state index contributed by atoms with van der Waals surface area (Å²) in [4.78, 5) is 19.1. The van der Waals surface area contributed by atoms with E-state index >= 15 is 0 Å². The third kappa shape index (κ3) is 3.78. The zero-order valence-electron chi connectivity index (χ0n) is 12.3. The molecule has 106 valence electrons. The lowest BCUT2D eigenvalue weighted by Gasteiger charge is -2.25. The predicted octanol–water partition coefficient (Wildman–Crippen LogP) is 3.95. The Morgan fingerprint density at radius 1 is 1.26 bits per heavy atom. The molecule has 19 heavy (non-hydrogen) atoms. The maximum Gasteiger partial charge on any atom is 0.186 e. The van der Waals surface area contributed by atoms with Crippen molar-refractivity contribution < 1.29 is 4.79 Å². The van der Waals surface area contributed by atoms with Crippen molar-refractivity contribution in [3.63, 3.8) is 0 Å². The molecule has 0 aromatic carbocycles. The standard InChI is InChI=1S/C15H24N2OS/c1-10(2)7-17(8-11(3)4)15-16-14(12-5-6-12)13(9-18)19-15/h9-12H,5-8H2,1-4H3. The van der Waals surface area contributed by atoms with Crippen LogP contribution in [0, 0.1) is 11.8 Å². The Morgan fingerprint density at radius 3 is 2.26 bits per heavy atom. The normalized spacial score (nSPS) is 15.3. The van der Waals surface area contributed by atoms with E-state index in [0.717, 1.165) is 35.1 Å². The molecule has 1 heterocycles. The summed E-state index contributed by atoms with van der Waals surface area (Å²) in [7, 11) is 0. The second-order valence-electron chi connectivity index (χ2n) is 6.33. The molecule has 2 rings (SSSR count). The number of aromatic nitrogens is 1. The van der Waals surface area contributed by atoms with E-state index in [1.807, 2.05) is 0 Å². The van der Waals surface area contributed by atoms with E-state index in [4.69, 9.17) is 4.98 Å². The minimum absolute atomic E-state index is 0.546. The van der Waals surface area contributed by atoms with Crippen LogP contribution in [-0.4, -0.2) is 24.4 Å². The maximum atomic E-state index is 11.2. The number of carbonyl (C=O) groups excluding carboxylic acids is 1. The Labute approximate surface area is 120 Å². The summed E-state index contributed by atoms with van der Waals surface area (Å²) in [6.45, 7) is 10.9. The van der Waals surface area contributed by atoms with E-state index in [-0.39, 0.29) is 0 Å². The largest absolute Gasteiger partial charge is 0.348 e. The zero-order valence-corrected chi connectivity index (χ0v) is 13.2. The summed E-state index contributed by atoms with van der Waals surface area (Å²) in [6.07, 6.45) is 3.37. The molecule has 0 aliphatic heterocycles. The topological polar surface area (TPSA) is 33.2 Å². The first-order valence-corrected chi connectivity index (χ1v) is 8.03. The molecule has 0 saturated heterocycles. The van der Waals surface area contributed by atoms with Crippen LogP contribution in [0.15, 0.2) is 0 Å². The number of hydrogen-bond donors (Lipinski definition) is 0. The second kappa shape index (κ2) is 6.04. The summed E-state index contributed by atoms with van der Waals surface area (Å²) >= 11 is 1.57. The van der Waals surface area contributed by atoms with Gasteiger partial charge in [0.05, 0.1) is 10.6 Å². The van der Waals surface area contributed by atoms with Gasteiger partial charge in [0.2, 0.25) is 0 Å². The van der Waals surface area contributed by atoms with Crippen LogP contribution in [0.25, 0.3) is 0 Å². The van der Waals surface area contributed by atoms with Gasteiger partial charge in [-0.1, -0.05) is 39.0 Å². The van der Waals surface area contributed by atoms with Gasteiger partial charge in [-0.2, -0.15) is 0 Å². The van der Waals surface area contributed by atoms with E-state index in [1.54, 1.807) is 11.3 Å². The molecule has 1 saturated carbocycles. The highest BCUT2D eigenvalue weighted by molar-refractivity contribution is 7.17. The van der Waals surface area contributed by atoms with Crippen LogP contribution >= 0.6 is 11.3 Å². The van der Waals surface area contributed by atoms with Gasteiger partial charge in [0.25, 0.3) is 0 Å². The van der Waals surface area contributed by atoms with Crippen LogP contribution in [-0.2, 0) is 0 Å². The van der Waals surface area contributed by atoms with Crippen molar-refractivity contribution in [3.05, 3.63) is 10.6 Å². The minimum Gasteiger partial charge on any atom is -0.348 e. The fraction of sp³-hybridized carbons (Fsp3) is 0.733. The lowest BCUT2D eigenvalue weighted by molar-refractivity contribution is 0.112. The molecule has 0 bridgehead atoms. The highest BCUT2D eigenvalue weighted by atomic mass is 32.1. The van der Waals surface area contributed by atoms with Crippen molar-refractivity contribution in [2.75, 3.05) is 18.0 Å². The number of aldehydes is 1. The highest BCUT2D eigenvalue weighted by Gasteiger charge is 2.30. The van der Waals surface area contributed by atoms with Gasteiger partial charge >= 0.3 is 0 Å². The molecular formula is C15H24N2OS. The Morgan fingerprint density at radius 2 is 1.84 bits per heavy atom. The number of carbonyl (C=O) groups is 1. The van der Waals surface area contributed by atoms with Gasteiger partial charge in [-0.3, -0.25) is 4.79 Å². The van der Waals surface area contributed by atoms with Crippen molar-refractivity contribution in [1.29, 1.82) is 0 Å². The number of nitrogens with zero attached hydrogens (tertiary/aromatic N) is 2. The Kier molecular flexibility index (Phi) is 4.61. The van der Waals surface area contributed by atoms with Gasteiger partial charge in [0.1, 0.15) is 0 Å². The van der Waals surface area contributed by atoms with Crippen LogP contribution in [0.5, 0.6) is 0 Å². The summed E-state index contributed by atoms with van der Waals surface area (Å²) in [5, 5.41) is 1.03. The van der Waals surface area contributed by atoms with Gasteiger partial charge in [-0.25, -0.2) is 4.98 Å². The monoisotopic (exact) mass is 280 g/mol. The first-order chi connectivity index (χ1) is 9.01. The van der Waals surface area contributed by atoms with Crippen LogP contribution in [0.1, 0.15) is 61.8 Å². The Hall–Kier alpha value is -0.900. The van der Waals surface area contributed by atoms with Gasteiger partial charge in [0, 0.05) is 19.0 Å². The van der Waals surface area contributed by atoms with Crippen LogP contribution < -0.4 is 4.90 Å². The third-order valence-corrected chi connectivity index (χ3v) is 4.24. The molecule has 0 atom stereocenters. The molecule has 0 amide bonds. The van der Waals surface area contributed by atoms with E-state index < -0.39 is 0 Å². The lowest BCUT2D eigenvalue weighted by Crippen LogP contribution is -2.31. The van der Waals surface area contributed by atoms with Crippen molar-refractivity contribution >= 4 is 22.8 Å². The van der Waals surface area contributed by atoms with Crippen molar-refractivity contribution in [2.24, 2.45) is 11.8 Å². The summed E-state index contributed by atoms with van der Waals surface area (Å²) < 4.78 is 0. The quantitative estimate of drug-likeness (QED) is 0.709. The molecule has 1 aliphatic carbocycles. The van der Waals surface area contributed by atoms with Gasteiger partial charge in [0.15, 0.2) is 11.4 Å². The minimum atomic E-state index is 0.546. The summed E-state index contributed by atoms with van der Waals surface area (Å²) in [5.74, 6) is 1.75. The van der Waals surface area contributed by atoms with Crippen LogP contribution in [0.2, 0.25) is 0 Å². The van der Waals surface area contributed by atoms with Gasteiger partial charge in [-0.05, 0) is 24.7 Å². The SMILES string of the molecule is CC(C)CN(CC(C)C)c1nc(C2CC2)c(C=O)s1. The first-order valence-electron chi connectivity index (χ1n) is 7.22. The molecule has 1 aromatic heterocycles. The number of rotatable bonds is 7. The molecule has 0 radical (unpaired) electrons. The first kappa shape index (κ1) is 14.5. The van der Waals surface area contributed by atoms with E-state index in [1.165, 1.54) is 12.8 Å². The lowest BCUT2D eigenvalue weighted by atomic mass is 10.1. The molecule has 1 aromatic rings. The molecule has 1 aliphatic rings. The fourth-order valence-corrected chi connectivity index (χ4v) is 3.30. The number of hydrogen-bond acceptors (Lipinski definition) is 4. The Bertz CT molecular complexity index is 425. The van der Waals surface area contributed by atoms with Gasteiger partial charge < -0.3 is 4.90 Å². The van der Waals surface area contributed by atoms with Crippen molar-refractivity contribution in [1.82, 2.24) is 4.98 Å². The van der Waals surface area contributed by atoms with Gasteiger partial charge in [-0.15, -0.1) is 0 Å². The van der Waals surface area contributed by atoms with E-state index in [0.29, 0.717) is 17.8 Å². The maximum absolute atomic E-state index is 11.2. The van der Waals surface area contributed by atoms with Crippen molar-refractivity contribution in [2.45, 2.75) is 46.5 Å². The van der Waals surface area contributed by atoms with Crippen molar-refractivity contribution in [3.8, 4) is 0 Å². The number of anilines is 1. The molecule has 0 N–H and O–H groups in total. The third-order valence-electron chi connectivity index (χ3n) is 3.18. The zero-order chi connectivity index (χ0) is 14.0. The van der Waals surface area contributed by atoms with E-state index in [9.17, 15) is 4.79 Å². The fourth-order valence-electron chi connectivity index (χ4n) is 2.31.